The molecule has 0 aliphatic rings. The van der Waals surface area contributed by atoms with E-state index < -0.39 is 0 Å². The van der Waals surface area contributed by atoms with E-state index >= 15 is 0 Å². The SMILES string of the molecule is CC[C@@H](N)c1nc(-c2ccc(Cl)c(Br)c2)no1. The fraction of sp³-hybridized carbons (Fsp3) is 0.273. The number of rotatable bonds is 3. The molecule has 0 unspecified atom stereocenters. The van der Waals surface area contributed by atoms with Gasteiger partial charge >= 0.3 is 0 Å². The summed E-state index contributed by atoms with van der Waals surface area (Å²) in [5.41, 5.74) is 6.65. The highest BCUT2D eigenvalue weighted by Gasteiger charge is 2.14. The molecule has 0 spiro atoms. The molecule has 0 saturated heterocycles. The minimum absolute atomic E-state index is 0.216. The van der Waals surface area contributed by atoms with E-state index in [1.54, 1.807) is 6.07 Å². The van der Waals surface area contributed by atoms with E-state index in [-0.39, 0.29) is 6.04 Å². The molecule has 1 aromatic heterocycles. The Morgan fingerprint density at radius 2 is 2.29 bits per heavy atom. The maximum Gasteiger partial charge on any atom is 0.243 e. The molecule has 0 aliphatic carbocycles. The standard InChI is InChI=1S/C11H11BrClN3O/c1-2-9(14)11-15-10(16-17-11)6-3-4-8(13)7(12)5-6/h3-5,9H,2,14H2,1H3/t9-/m1/s1. The summed E-state index contributed by atoms with van der Waals surface area (Å²) in [6, 6.07) is 5.23. The highest BCUT2D eigenvalue weighted by molar-refractivity contribution is 9.10. The van der Waals surface area contributed by atoms with E-state index in [4.69, 9.17) is 21.9 Å². The summed E-state index contributed by atoms with van der Waals surface area (Å²) in [6.45, 7) is 1.97. The molecule has 6 heteroatoms. The predicted octanol–water partition coefficient (Wildman–Crippen LogP) is 3.56. The first-order chi connectivity index (χ1) is 8.11. The fourth-order valence-corrected chi connectivity index (χ4v) is 1.81. The van der Waals surface area contributed by atoms with Gasteiger partial charge in [-0.2, -0.15) is 4.98 Å². The topological polar surface area (TPSA) is 64.9 Å². The van der Waals surface area contributed by atoms with Crippen LogP contribution in [0.2, 0.25) is 5.02 Å². The van der Waals surface area contributed by atoms with Crippen molar-refractivity contribution >= 4 is 27.5 Å². The first kappa shape index (κ1) is 12.5. The van der Waals surface area contributed by atoms with Gasteiger partial charge in [-0.25, -0.2) is 0 Å². The third kappa shape index (κ3) is 2.68. The van der Waals surface area contributed by atoms with Crippen molar-refractivity contribution in [2.75, 3.05) is 0 Å². The Bertz CT molecular complexity index is 529. The van der Waals surface area contributed by atoms with Gasteiger partial charge in [0.25, 0.3) is 0 Å². The average molecular weight is 317 g/mol. The first-order valence-electron chi connectivity index (χ1n) is 5.16. The van der Waals surface area contributed by atoms with Crippen molar-refractivity contribution in [1.82, 2.24) is 10.1 Å². The second-order valence-electron chi connectivity index (χ2n) is 3.60. The van der Waals surface area contributed by atoms with Gasteiger partial charge < -0.3 is 10.3 Å². The molecule has 0 radical (unpaired) electrons. The summed E-state index contributed by atoms with van der Waals surface area (Å²) >= 11 is 9.27. The summed E-state index contributed by atoms with van der Waals surface area (Å²) in [5, 5.41) is 4.54. The third-order valence-corrected chi connectivity index (χ3v) is 3.59. The van der Waals surface area contributed by atoms with Gasteiger partial charge in [-0.15, -0.1) is 0 Å². The monoisotopic (exact) mass is 315 g/mol. The second kappa shape index (κ2) is 5.16. The molecular weight excluding hydrogens is 305 g/mol. The van der Waals surface area contributed by atoms with Crippen LogP contribution in [0.1, 0.15) is 25.3 Å². The zero-order valence-corrected chi connectivity index (χ0v) is 11.5. The van der Waals surface area contributed by atoms with Crippen molar-refractivity contribution in [3.05, 3.63) is 33.6 Å². The number of nitrogens with two attached hydrogens (primary N) is 1. The molecule has 1 aromatic carbocycles. The Morgan fingerprint density at radius 3 is 2.94 bits per heavy atom. The fourth-order valence-electron chi connectivity index (χ4n) is 1.31. The molecular formula is C11H11BrClN3O. The van der Waals surface area contributed by atoms with Crippen LogP contribution in [-0.2, 0) is 0 Å². The smallest absolute Gasteiger partial charge is 0.243 e. The first-order valence-corrected chi connectivity index (χ1v) is 6.33. The van der Waals surface area contributed by atoms with Crippen molar-refractivity contribution in [1.29, 1.82) is 0 Å². The molecule has 4 nitrogen and oxygen atoms in total. The van der Waals surface area contributed by atoms with E-state index in [0.717, 1.165) is 16.5 Å². The summed E-state index contributed by atoms with van der Waals surface area (Å²) in [6.07, 6.45) is 0.756. The van der Waals surface area contributed by atoms with Crippen LogP contribution >= 0.6 is 27.5 Å². The highest BCUT2D eigenvalue weighted by Crippen LogP contribution is 2.27. The van der Waals surface area contributed by atoms with Crippen molar-refractivity contribution < 1.29 is 4.52 Å². The minimum Gasteiger partial charge on any atom is -0.337 e. The van der Waals surface area contributed by atoms with E-state index in [0.29, 0.717) is 16.7 Å². The summed E-state index contributed by atoms with van der Waals surface area (Å²) < 4.78 is 5.90. The lowest BCUT2D eigenvalue weighted by molar-refractivity contribution is 0.352. The van der Waals surface area contributed by atoms with Gasteiger partial charge in [0.15, 0.2) is 0 Å². The molecule has 0 aliphatic heterocycles. The van der Waals surface area contributed by atoms with Crippen LogP contribution in [0.3, 0.4) is 0 Å². The molecule has 17 heavy (non-hydrogen) atoms. The van der Waals surface area contributed by atoms with Crippen LogP contribution in [0.5, 0.6) is 0 Å². The van der Waals surface area contributed by atoms with Gasteiger partial charge in [-0.05, 0) is 40.5 Å². The quantitative estimate of drug-likeness (QED) is 0.940. The number of halogens is 2. The van der Waals surface area contributed by atoms with Gasteiger partial charge in [-0.1, -0.05) is 23.7 Å². The molecule has 1 heterocycles. The molecule has 0 fully saturated rings. The normalized spacial score (nSPS) is 12.7. The van der Waals surface area contributed by atoms with Crippen molar-refractivity contribution in [3.8, 4) is 11.4 Å². The van der Waals surface area contributed by atoms with Gasteiger partial charge in [-0.3, -0.25) is 0 Å². The number of nitrogens with zero attached hydrogens (tertiary/aromatic N) is 2. The number of hydrogen-bond donors (Lipinski definition) is 1. The van der Waals surface area contributed by atoms with E-state index in [9.17, 15) is 0 Å². The predicted molar refractivity (Wildman–Crippen MR) is 69.7 cm³/mol. The van der Waals surface area contributed by atoms with E-state index in [1.165, 1.54) is 0 Å². The minimum atomic E-state index is -0.216. The maximum atomic E-state index is 5.92. The van der Waals surface area contributed by atoms with Crippen LogP contribution in [0, 0.1) is 0 Å². The van der Waals surface area contributed by atoms with Gasteiger partial charge in [0, 0.05) is 10.0 Å². The zero-order chi connectivity index (χ0) is 12.4. The summed E-state index contributed by atoms with van der Waals surface area (Å²) in [4.78, 5) is 4.26. The summed E-state index contributed by atoms with van der Waals surface area (Å²) in [5.74, 6) is 0.967. The number of aromatic nitrogens is 2. The van der Waals surface area contributed by atoms with Crippen LogP contribution in [0.15, 0.2) is 27.2 Å². The molecule has 1 atom stereocenters. The van der Waals surface area contributed by atoms with E-state index in [2.05, 4.69) is 26.1 Å². The van der Waals surface area contributed by atoms with Crippen molar-refractivity contribution in [3.63, 3.8) is 0 Å². The molecule has 2 rings (SSSR count). The van der Waals surface area contributed by atoms with Crippen LogP contribution < -0.4 is 5.73 Å². The number of benzene rings is 1. The van der Waals surface area contributed by atoms with Gasteiger partial charge in [0.1, 0.15) is 0 Å². The Labute approximate surface area is 112 Å². The lowest BCUT2D eigenvalue weighted by atomic mass is 10.2. The largest absolute Gasteiger partial charge is 0.337 e. The van der Waals surface area contributed by atoms with Gasteiger partial charge in [0.05, 0.1) is 11.1 Å². The molecule has 2 N–H and O–H groups in total. The average Bonchev–Trinajstić information content (AvgIpc) is 2.81. The second-order valence-corrected chi connectivity index (χ2v) is 4.86. The van der Waals surface area contributed by atoms with Crippen LogP contribution in [0.4, 0.5) is 0 Å². The molecule has 0 saturated carbocycles. The molecule has 0 amide bonds. The lowest BCUT2D eigenvalue weighted by Crippen LogP contribution is -2.08. The Kier molecular flexibility index (Phi) is 3.81. The molecule has 2 aromatic rings. The Hall–Kier alpha value is -0.910. The van der Waals surface area contributed by atoms with E-state index in [1.807, 2.05) is 19.1 Å². The maximum absolute atomic E-state index is 5.92. The highest BCUT2D eigenvalue weighted by atomic mass is 79.9. The summed E-state index contributed by atoms with van der Waals surface area (Å²) in [7, 11) is 0. The number of hydrogen-bond acceptors (Lipinski definition) is 4. The Morgan fingerprint density at radius 1 is 1.53 bits per heavy atom. The lowest BCUT2D eigenvalue weighted by Gasteiger charge is -1.99. The van der Waals surface area contributed by atoms with Crippen LogP contribution in [0.25, 0.3) is 11.4 Å². The molecule has 0 bridgehead atoms. The zero-order valence-electron chi connectivity index (χ0n) is 9.15. The molecule has 90 valence electrons. The van der Waals surface area contributed by atoms with Gasteiger partial charge in [0.2, 0.25) is 11.7 Å². The Balaban J connectivity index is 2.33. The van der Waals surface area contributed by atoms with Crippen LogP contribution in [-0.4, -0.2) is 10.1 Å². The third-order valence-electron chi connectivity index (χ3n) is 2.38. The van der Waals surface area contributed by atoms with Crippen molar-refractivity contribution in [2.24, 2.45) is 5.73 Å². The van der Waals surface area contributed by atoms with Crippen molar-refractivity contribution in [2.45, 2.75) is 19.4 Å².